The highest BCUT2D eigenvalue weighted by Crippen LogP contribution is 2.15. The van der Waals surface area contributed by atoms with Crippen LogP contribution in [0.1, 0.15) is 26.2 Å². The largest absolute Gasteiger partial charge is 0.341 e. The molecule has 0 bridgehead atoms. The maximum Gasteiger partial charge on any atom is 0.314 e. The molecule has 1 aliphatic heterocycles. The van der Waals surface area contributed by atoms with Gasteiger partial charge in [0.2, 0.25) is 0 Å². The Morgan fingerprint density at radius 1 is 1.64 bits per heavy atom. The van der Waals surface area contributed by atoms with Gasteiger partial charge in [-0.1, -0.05) is 0 Å². The molecule has 1 heterocycles. The van der Waals surface area contributed by atoms with Gasteiger partial charge in [0.05, 0.1) is 0 Å². The van der Waals surface area contributed by atoms with Crippen LogP contribution in [0.4, 0.5) is 4.79 Å². The van der Waals surface area contributed by atoms with E-state index in [1.807, 2.05) is 0 Å². The first-order valence-corrected chi connectivity index (χ1v) is 5.41. The van der Waals surface area contributed by atoms with Crippen LogP contribution < -0.4 is 16.0 Å². The molecule has 3 N–H and O–H groups in total. The van der Waals surface area contributed by atoms with Crippen LogP contribution in [0.3, 0.4) is 0 Å². The predicted octanol–water partition coefficient (Wildman–Crippen LogP) is 0.694. The van der Waals surface area contributed by atoms with Crippen LogP contribution in [-0.2, 0) is 0 Å². The summed E-state index contributed by atoms with van der Waals surface area (Å²) in [5, 5.41) is 8.79. The van der Waals surface area contributed by atoms with Crippen LogP contribution >= 0.6 is 0 Å². The maximum absolute atomic E-state index is 11.0. The minimum absolute atomic E-state index is 0.0814. The van der Waals surface area contributed by atoms with Crippen molar-refractivity contribution in [2.45, 2.75) is 32.2 Å². The maximum atomic E-state index is 11.0. The molecule has 2 atom stereocenters. The van der Waals surface area contributed by atoms with Crippen molar-refractivity contribution < 1.29 is 4.79 Å². The smallest absolute Gasteiger partial charge is 0.314 e. The number of carbonyl (C=O) groups is 1. The number of amides is 2. The van der Waals surface area contributed by atoms with Crippen LogP contribution in [0.25, 0.3) is 0 Å². The Morgan fingerprint density at radius 2 is 2.43 bits per heavy atom. The molecule has 1 rings (SSSR count). The average Bonchev–Trinajstić information content (AvgIpc) is 2.67. The van der Waals surface area contributed by atoms with Crippen LogP contribution in [0.2, 0.25) is 0 Å². The molecule has 1 aliphatic rings. The Balaban J connectivity index is 2.07. The molecule has 4 heteroatoms. The van der Waals surface area contributed by atoms with Crippen molar-refractivity contribution in [2.24, 2.45) is 5.92 Å². The summed E-state index contributed by atoms with van der Waals surface area (Å²) in [6, 6.07) is 0.192. The molecular formula is C10H21N3O. The van der Waals surface area contributed by atoms with Crippen molar-refractivity contribution in [1.29, 1.82) is 0 Å². The standard InChI is InChI=1S/C10H21N3O/c1-8(13-10(14)11-2)3-4-9-5-6-12-7-9/h8-9,12H,3-7H2,1-2H3,(H2,11,13,14). The fourth-order valence-corrected chi connectivity index (χ4v) is 1.81. The molecule has 0 spiro atoms. The van der Waals surface area contributed by atoms with Crippen LogP contribution in [0.5, 0.6) is 0 Å². The lowest BCUT2D eigenvalue weighted by Crippen LogP contribution is -2.39. The Kier molecular flexibility index (Phi) is 4.73. The molecule has 2 unspecified atom stereocenters. The Bertz CT molecular complexity index is 178. The minimum atomic E-state index is -0.0814. The van der Waals surface area contributed by atoms with Gasteiger partial charge >= 0.3 is 6.03 Å². The van der Waals surface area contributed by atoms with Crippen molar-refractivity contribution in [3.63, 3.8) is 0 Å². The van der Waals surface area contributed by atoms with E-state index < -0.39 is 0 Å². The Labute approximate surface area is 85.8 Å². The zero-order chi connectivity index (χ0) is 10.4. The van der Waals surface area contributed by atoms with Crippen molar-refractivity contribution in [2.75, 3.05) is 20.1 Å². The van der Waals surface area contributed by atoms with Gasteiger partial charge in [0.1, 0.15) is 0 Å². The fourth-order valence-electron chi connectivity index (χ4n) is 1.81. The number of carbonyl (C=O) groups excluding carboxylic acids is 1. The first kappa shape index (κ1) is 11.3. The summed E-state index contributed by atoms with van der Waals surface area (Å²) in [6.45, 7) is 4.35. The Morgan fingerprint density at radius 3 is 3.00 bits per heavy atom. The molecule has 0 aromatic carbocycles. The molecule has 1 fully saturated rings. The number of hydrogen-bond acceptors (Lipinski definition) is 2. The third-order valence-corrected chi connectivity index (χ3v) is 2.77. The Hall–Kier alpha value is -0.770. The van der Waals surface area contributed by atoms with E-state index in [9.17, 15) is 4.79 Å². The highest BCUT2D eigenvalue weighted by Gasteiger charge is 2.15. The molecule has 0 aromatic rings. The number of urea groups is 1. The quantitative estimate of drug-likeness (QED) is 0.624. The molecule has 2 amide bonds. The van der Waals surface area contributed by atoms with Crippen molar-refractivity contribution in [3.8, 4) is 0 Å². The van der Waals surface area contributed by atoms with E-state index in [4.69, 9.17) is 0 Å². The van der Waals surface area contributed by atoms with Gasteiger partial charge in [-0.3, -0.25) is 0 Å². The molecule has 0 saturated carbocycles. The highest BCUT2D eigenvalue weighted by atomic mass is 16.2. The number of hydrogen-bond donors (Lipinski definition) is 3. The monoisotopic (exact) mass is 199 g/mol. The van der Waals surface area contributed by atoms with E-state index in [-0.39, 0.29) is 12.1 Å². The zero-order valence-corrected chi connectivity index (χ0v) is 9.10. The summed E-state index contributed by atoms with van der Waals surface area (Å²) < 4.78 is 0. The lowest BCUT2D eigenvalue weighted by Gasteiger charge is -2.15. The van der Waals surface area contributed by atoms with Gasteiger partial charge in [-0.05, 0) is 45.2 Å². The normalized spacial score (nSPS) is 23.1. The summed E-state index contributed by atoms with van der Waals surface area (Å²) in [4.78, 5) is 11.0. The third-order valence-electron chi connectivity index (χ3n) is 2.77. The molecule has 4 nitrogen and oxygen atoms in total. The molecule has 1 saturated heterocycles. The second-order valence-electron chi connectivity index (χ2n) is 4.06. The number of nitrogens with one attached hydrogen (secondary N) is 3. The van der Waals surface area contributed by atoms with Gasteiger partial charge in [0, 0.05) is 13.1 Å². The van der Waals surface area contributed by atoms with Crippen LogP contribution in [-0.4, -0.2) is 32.2 Å². The van der Waals surface area contributed by atoms with Gasteiger partial charge in [-0.2, -0.15) is 0 Å². The highest BCUT2D eigenvalue weighted by molar-refractivity contribution is 5.73. The molecule has 0 aliphatic carbocycles. The summed E-state index contributed by atoms with van der Waals surface area (Å²) in [5.41, 5.74) is 0. The summed E-state index contributed by atoms with van der Waals surface area (Å²) in [5.74, 6) is 0.809. The van der Waals surface area contributed by atoms with E-state index >= 15 is 0 Å². The lowest BCUT2D eigenvalue weighted by molar-refractivity contribution is 0.238. The first-order valence-electron chi connectivity index (χ1n) is 5.41. The van der Waals surface area contributed by atoms with E-state index in [0.717, 1.165) is 25.4 Å². The second-order valence-corrected chi connectivity index (χ2v) is 4.06. The van der Waals surface area contributed by atoms with E-state index in [1.165, 1.54) is 12.8 Å². The van der Waals surface area contributed by atoms with Crippen LogP contribution in [0, 0.1) is 5.92 Å². The van der Waals surface area contributed by atoms with Crippen molar-refractivity contribution >= 4 is 6.03 Å². The SMILES string of the molecule is CNC(=O)NC(C)CCC1CCNC1. The molecule has 14 heavy (non-hydrogen) atoms. The minimum Gasteiger partial charge on any atom is -0.341 e. The van der Waals surface area contributed by atoms with E-state index in [1.54, 1.807) is 7.05 Å². The first-order chi connectivity index (χ1) is 6.72. The molecule has 0 aromatic heterocycles. The summed E-state index contributed by atoms with van der Waals surface area (Å²) in [7, 11) is 1.64. The van der Waals surface area contributed by atoms with Crippen molar-refractivity contribution in [3.05, 3.63) is 0 Å². The molecule has 0 radical (unpaired) electrons. The predicted molar refractivity (Wildman–Crippen MR) is 57.3 cm³/mol. The summed E-state index contributed by atoms with van der Waals surface area (Å²) >= 11 is 0. The average molecular weight is 199 g/mol. The van der Waals surface area contributed by atoms with Gasteiger partial charge in [0.15, 0.2) is 0 Å². The molecular weight excluding hydrogens is 178 g/mol. The van der Waals surface area contributed by atoms with E-state index in [2.05, 4.69) is 22.9 Å². The topological polar surface area (TPSA) is 53.2 Å². The molecule has 82 valence electrons. The zero-order valence-electron chi connectivity index (χ0n) is 9.10. The fraction of sp³-hybridized carbons (Fsp3) is 0.900. The van der Waals surface area contributed by atoms with E-state index in [0.29, 0.717) is 0 Å². The van der Waals surface area contributed by atoms with Crippen molar-refractivity contribution in [1.82, 2.24) is 16.0 Å². The van der Waals surface area contributed by atoms with Crippen LogP contribution in [0.15, 0.2) is 0 Å². The van der Waals surface area contributed by atoms with Gasteiger partial charge in [-0.25, -0.2) is 4.79 Å². The lowest BCUT2D eigenvalue weighted by atomic mass is 10.00. The summed E-state index contributed by atoms with van der Waals surface area (Å²) in [6.07, 6.45) is 3.56. The van der Waals surface area contributed by atoms with Gasteiger partial charge in [0.25, 0.3) is 0 Å². The van der Waals surface area contributed by atoms with Gasteiger partial charge in [-0.15, -0.1) is 0 Å². The number of rotatable bonds is 4. The second kappa shape index (κ2) is 5.86. The van der Waals surface area contributed by atoms with Gasteiger partial charge < -0.3 is 16.0 Å². The third kappa shape index (κ3) is 3.96.